The monoisotopic (exact) mass is 206 g/mol. The van der Waals surface area contributed by atoms with E-state index in [1.54, 1.807) is 0 Å². The number of hydrogen-bond donors (Lipinski definition) is 3. The van der Waals surface area contributed by atoms with Crippen LogP contribution in [-0.4, -0.2) is 24.7 Å². The van der Waals surface area contributed by atoms with Crippen LogP contribution in [-0.2, 0) is 0 Å². The van der Waals surface area contributed by atoms with Crippen LogP contribution in [0.3, 0.4) is 0 Å². The minimum Gasteiger partial charge on any atom is -0.507 e. The van der Waals surface area contributed by atoms with Gasteiger partial charge in [-0.15, -0.1) is 0 Å². The van der Waals surface area contributed by atoms with Crippen LogP contribution in [0.4, 0.5) is 0 Å². The van der Waals surface area contributed by atoms with Crippen LogP contribution >= 0.6 is 0 Å². The fourth-order valence-corrected chi connectivity index (χ4v) is 2.08. The summed E-state index contributed by atoms with van der Waals surface area (Å²) >= 11 is 0. The summed E-state index contributed by atoms with van der Waals surface area (Å²) in [6, 6.07) is 4.50. The van der Waals surface area contributed by atoms with Crippen LogP contribution in [0.1, 0.15) is 22.7 Å². The molecule has 1 aromatic carbocycles. The average molecular weight is 206 g/mol. The molecule has 2 rings (SSSR count). The molecule has 1 atom stereocenters. The van der Waals surface area contributed by atoms with Gasteiger partial charge in [-0.1, -0.05) is 12.1 Å². The fraction of sp³-hybridized carbons (Fsp3) is 0.500. The molecule has 1 fully saturated rings. The van der Waals surface area contributed by atoms with Gasteiger partial charge in [0, 0.05) is 25.7 Å². The van der Waals surface area contributed by atoms with Crippen LogP contribution in [0, 0.1) is 13.8 Å². The lowest BCUT2D eigenvalue weighted by molar-refractivity contribution is 0.428. The van der Waals surface area contributed by atoms with Crippen molar-refractivity contribution in [3.05, 3.63) is 28.8 Å². The van der Waals surface area contributed by atoms with Crippen molar-refractivity contribution in [2.45, 2.75) is 19.9 Å². The summed E-state index contributed by atoms with van der Waals surface area (Å²) in [7, 11) is 0. The van der Waals surface area contributed by atoms with Crippen LogP contribution < -0.4 is 10.6 Å². The molecule has 1 saturated heterocycles. The lowest BCUT2D eigenvalue weighted by Crippen LogP contribution is -2.42. The molecule has 1 aliphatic rings. The predicted molar refractivity (Wildman–Crippen MR) is 61.2 cm³/mol. The summed E-state index contributed by atoms with van der Waals surface area (Å²) in [5, 5.41) is 16.5. The number of rotatable bonds is 1. The van der Waals surface area contributed by atoms with Gasteiger partial charge >= 0.3 is 0 Å². The Labute approximate surface area is 90.5 Å². The van der Waals surface area contributed by atoms with E-state index in [0.29, 0.717) is 11.8 Å². The highest BCUT2D eigenvalue weighted by atomic mass is 16.3. The average Bonchev–Trinajstić information content (AvgIpc) is 2.26. The molecule has 1 aliphatic heterocycles. The fourth-order valence-electron chi connectivity index (χ4n) is 2.08. The van der Waals surface area contributed by atoms with Crippen molar-refractivity contribution in [1.29, 1.82) is 0 Å². The Morgan fingerprint density at radius 3 is 2.40 bits per heavy atom. The van der Waals surface area contributed by atoms with E-state index in [2.05, 4.69) is 22.8 Å². The largest absolute Gasteiger partial charge is 0.507 e. The SMILES string of the molecule is Cc1cc([C@H]2CNCCN2)cc(C)c1O. The predicted octanol–water partition coefficient (Wildman–Crippen LogP) is 1.24. The van der Waals surface area contributed by atoms with E-state index < -0.39 is 0 Å². The first kappa shape index (κ1) is 10.5. The first-order valence-electron chi connectivity index (χ1n) is 5.42. The number of piperazine rings is 1. The number of aryl methyl sites for hydroxylation is 2. The van der Waals surface area contributed by atoms with Crippen molar-refractivity contribution in [3.8, 4) is 5.75 Å². The van der Waals surface area contributed by atoms with Gasteiger partial charge in [0.15, 0.2) is 0 Å². The van der Waals surface area contributed by atoms with Gasteiger partial charge in [-0.3, -0.25) is 0 Å². The summed E-state index contributed by atoms with van der Waals surface area (Å²) in [4.78, 5) is 0. The van der Waals surface area contributed by atoms with E-state index in [0.717, 1.165) is 30.8 Å². The van der Waals surface area contributed by atoms with Gasteiger partial charge in [0.25, 0.3) is 0 Å². The molecular weight excluding hydrogens is 188 g/mol. The topological polar surface area (TPSA) is 44.3 Å². The van der Waals surface area contributed by atoms with Gasteiger partial charge in [0.1, 0.15) is 5.75 Å². The molecule has 1 aromatic rings. The minimum absolute atomic E-state index is 0.372. The van der Waals surface area contributed by atoms with E-state index in [9.17, 15) is 5.11 Å². The van der Waals surface area contributed by atoms with E-state index >= 15 is 0 Å². The Kier molecular flexibility index (Phi) is 2.93. The van der Waals surface area contributed by atoms with Gasteiger partial charge < -0.3 is 15.7 Å². The van der Waals surface area contributed by atoms with Crippen molar-refractivity contribution in [2.24, 2.45) is 0 Å². The molecule has 15 heavy (non-hydrogen) atoms. The first-order valence-corrected chi connectivity index (χ1v) is 5.42. The quantitative estimate of drug-likeness (QED) is 0.648. The molecule has 82 valence electrons. The molecule has 0 spiro atoms. The highest BCUT2D eigenvalue weighted by Crippen LogP contribution is 2.26. The number of phenolic OH excluding ortho intramolecular Hbond substituents is 1. The molecule has 0 saturated carbocycles. The Bertz CT molecular complexity index is 334. The third-order valence-corrected chi connectivity index (χ3v) is 2.96. The molecule has 0 unspecified atom stereocenters. The third kappa shape index (κ3) is 2.13. The molecule has 0 radical (unpaired) electrons. The summed E-state index contributed by atoms with van der Waals surface area (Å²) < 4.78 is 0. The highest BCUT2D eigenvalue weighted by molar-refractivity contribution is 5.43. The second-order valence-corrected chi connectivity index (χ2v) is 4.21. The Balaban J connectivity index is 2.27. The maximum atomic E-state index is 9.69. The van der Waals surface area contributed by atoms with Crippen LogP contribution in [0.25, 0.3) is 0 Å². The van der Waals surface area contributed by atoms with Gasteiger partial charge in [0.2, 0.25) is 0 Å². The maximum Gasteiger partial charge on any atom is 0.121 e. The second kappa shape index (κ2) is 4.21. The zero-order valence-electron chi connectivity index (χ0n) is 9.30. The summed E-state index contributed by atoms with van der Waals surface area (Å²) in [5.41, 5.74) is 3.17. The lowest BCUT2D eigenvalue weighted by atomic mass is 9.99. The summed E-state index contributed by atoms with van der Waals surface area (Å²) in [6.07, 6.45) is 0. The number of nitrogens with one attached hydrogen (secondary N) is 2. The minimum atomic E-state index is 0.372. The Morgan fingerprint density at radius 2 is 1.87 bits per heavy atom. The normalized spacial score (nSPS) is 21.6. The molecular formula is C12H18N2O. The van der Waals surface area contributed by atoms with Crippen molar-refractivity contribution in [3.63, 3.8) is 0 Å². The lowest BCUT2D eigenvalue weighted by Gasteiger charge is -2.25. The van der Waals surface area contributed by atoms with Gasteiger partial charge in [-0.05, 0) is 30.5 Å². The van der Waals surface area contributed by atoms with E-state index in [-0.39, 0.29) is 0 Å². The van der Waals surface area contributed by atoms with Crippen molar-refractivity contribution < 1.29 is 5.11 Å². The molecule has 0 aliphatic carbocycles. The Hall–Kier alpha value is -1.06. The number of hydrogen-bond acceptors (Lipinski definition) is 3. The number of aromatic hydroxyl groups is 1. The summed E-state index contributed by atoms with van der Waals surface area (Å²) in [6.45, 7) is 6.89. The molecule has 3 nitrogen and oxygen atoms in total. The summed E-state index contributed by atoms with van der Waals surface area (Å²) in [5.74, 6) is 0.419. The van der Waals surface area contributed by atoms with Crippen LogP contribution in [0.15, 0.2) is 12.1 Å². The molecule has 3 N–H and O–H groups in total. The Morgan fingerprint density at radius 1 is 1.20 bits per heavy atom. The van der Waals surface area contributed by atoms with E-state index in [4.69, 9.17) is 0 Å². The molecule has 1 heterocycles. The zero-order valence-corrected chi connectivity index (χ0v) is 9.30. The molecule has 0 aromatic heterocycles. The van der Waals surface area contributed by atoms with Crippen LogP contribution in [0.2, 0.25) is 0 Å². The number of phenols is 1. The van der Waals surface area contributed by atoms with Crippen molar-refractivity contribution in [1.82, 2.24) is 10.6 Å². The van der Waals surface area contributed by atoms with Crippen molar-refractivity contribution in [2.75, 3.05) is 19.6 Å². The van der Waals surface area contributed by atoms with Crippen LogP contribution in [0.5, 0.6) is 5.75 Å². The highest BCUT2D eigenvalue weighted by Gasteiger charge is 2.15. The smallest absolute Gasteiger partial charge is 0.121 e. The van der Waals surface area contributed by atoms with Gasteiger partial charge in [-0.25, -0.2) is 0 Å². The molecule has 3 heteroatoms. The van der Waals surface area contributed by atoms with Gasteiger partial charge in [0.05, 0.1) is 0 Å². The molecule has 0 amide bonds. The van der Waals surface area contributed by atoms with Gasteiger partial charge in [-0.2, -0.15) is 0 Å². The molecule has 0 bridgehead atoms. The van der Waals surface area contributed by atoms with E-state index in [1.807, 2.05) is 13.8 Å². The zero-order chi connectivity index (χ0) is 10.8. The second-order valence-electron chi connectivity index (χ2n) is 4.21. The maximum absolute atomic E-state index is 9.69. The third-order valence-electron chi connectivity index (χ3n) is 2.96. The first-order chi connectivity index (χ1) is 7.18. The van der Waals surface area contributed by atoms with Crippen molar-refractivity contribution >= 4 is 0 Å². The van der Waals surface area contributed by atoms with E-state index in [1.165, 1.54) is 5.56 Å². The number of benzene rings is 1. The standard InChI is InChI=1S/C12H18N2O/c1-8-5-10(6-9(2)12(8)15)11-7-13-3-4-14-11/h5-6,11,13-15H,3-4,7H2,1-2H3/t11-/m1/s1.